The minimum Gasteiger partial charge on any atom is -0.454 e. The number of hydrogen-bond acceptors (Lipinski definition) is 1. The summed E-state index contributed by atoms with van der Waals surface area (Å²) >= 11 is 0. The third kappa shape index (κ3) is 2.82. The van der Waals surface area contributed by atoms with Crippen molar-refractivity contribution in [3.8, 4) is 22.4 Å². The van der Waals surface area contributed by atoms with Gasteiger partial charge in [-0.1, -0.05) is 54.6 Å². The molecular formula is C29H21FNO+. The van der Waals surface area contributed by atoms with Crippen molar-refractivity contribution < 1.29 is 13.4 Å². The number of furan rings is 1. The molecule has 2 heterocycles. The lowest BCUT2D eigenvalue weighted by Crippen LogP contribution is -2.30. The first-order valence-corrected chi connectivity index (χ1v) is 10.7. The molecule has 3 heteroatoms. The van der Waals surface area contributed by atoms with Crippen LogP contribution in [-0.2, 0) is 7.05 Å². The van der Waals surface area contributed by atoms with Gasteiger partial charge in [-0.3, -0.25) is 0 Å². The summed E-state index contributed by atoms with van der Waals surface area (Å²) in [6.07, 6.45) is 2.05. The number of pyridine rings is 1. The van der Waals surface area contributed by atoms with Crippen molar-refractivity contribution in [2.45, 2.75) is 6.92 Å². The maximum absolute atomic E-state index is 13.4. The second-order valence-corrected chi connectivity index (χ2v) is 8.32. The lowest BCUT2D eigenvalue weighted by molar-refractivity contribution is -0.660. The third-order valence-corrected chi connectivity index (χ3v) is 6.32. The van der Waals surface area contributed by atoms with Crippen molar-refractivity contribution in [2.75, 3.05) is 0 Å². The summed E-state index contributed by atoms with van der Waals surface area (Å²) in [4.78, 5) is 0. The van der Waals surface area contributed by atoms with Gasteiger partial charge in [-0.2, -0.15) is 0 Å². The fourth-order valence-electron chi connectivity index (χ4n) is 4.62. The molecule has 0 aliphatic rings. The Labute approximate surface area is 185 Å². The first-order valence-electron chi connectivity index (χ1n) is 10.7. The van der Waals surface area contributed by atoms with Crippen LogP contribution in [0.5, 0.6) is 0 Å². The Kier molecular flexibility index (Phi) is 4.12. The number of aromatic nitrogens is 1. The molecule has 0 unspecified atom stereocenters. The van der Waals surface area contributed by atoms with Crippen molar-refractivity contribution in [2.24, 2.45) is 7.05 Å². The van der Waals surface area contributed by atoms with Crippen LogP contribution in [0.2, 0.25) is 0 Å². The van der Waals surface area contributed by atoms with Crippen molar-refractivity contribution in [1.29, 1.82) is 0 Å². The predicted molar refractivity (Wildman–Crippen MR) is 128 cm³/mol. The Morgan fingerprint density at radius 2 is 1.47 bits per heavy atom. The summed E-state index contributed by atoms with van der Waals surface area (Å²) in [6, 6.07) is 27.8. The number of nitrogens with zero attached hydrogens (tertiary/aromatic N) is 1. The highest BCUT2D eigenvalue weighted by atomic mass is 19.1. The van der Waals surface area contributed by atoms with E-state index in [9.17, 15) is 4.39 Å². The van der Waals surface area contributed by atoms with Gasteiger partial charge in [-0.05, 0) is 47.2 Å². The van der Waals surface area contributed by atoms with Gasteiger partial charge in [0.25, 0.3) is 0 Å². The van der Waals surface area contributed by atoms with Crippen LogP contribution in [0.3, 0.4) is 0 Å². The van der Waals surface area contributed by atoms with Crippen LogP contribution in [0, 0.1) is 12.7 Å². The Bertz CT molecular complexity index is 1640. The van der Waals surface area contributed by atoms with E-state index in [1.807, 2.05) is 37.5 Å². The second kappa shape index (κ2) is 7.03. The lowest BCUT2D eigenvalue weighted by atomic mass is 9.97. The molecule has 2 aromatic heterocycles. The molecule has 0 fully saturated rings. The molecule has 6 aromatic rings. The van der Waals surface area contributed by atoms with Gasteiger partial charge in [0.15, 0.2) is 6.20 Å². The fraction of sp³-hybridized carbons (Fsp3) is 0.0690. The highest BCUT2D eigenvalue weighted by molar-refractivity contribution is 6.17. The number of fused-ring (bicyclic) bond motifs is 5. The highest BCUT2D eigenvalue weighted by Gasteiger charge is 2.22. The molecule has 0 bridgehead atoms. The summed E-state index contributed by atoms with van der Waals surface area (Å²) in [6.45, 7) is 2.12. The van der Waals surface area contributed by atoms with E-state index in [1.165, 1.54) is 17.5 Å². The zero-order valence-corrected chi connectivity index (χ0v) is 17.9. The molecule has 32 heavy (non-hydrogen) atoms. The number of halogens is 1. The standard InChI is InChI=1S/C29H21FNO/c1-18-7-13-25-24-14-10-20-5-3-4-6-23(20)28(24)32-29(25)27(18)26-17-21(15-16-31(26)2)19-8-11-22(30)12-9-19/h3-17H,1-2H3/q+1. The third-order valence-electron chi connectivity index (χ3n) is 6.32. The largest absolute Gasteiger partial charge is 0.454 e. The molecule has 0 saturated heterocycles. The average Bonchev–Trinajstić information content (AvgIpc) is 3.19. The summed E-state index contributed by atoms with van der Waals surface area (Å²) in [5, 5.41) is 4.52. The van der Waals surface area contributed by atoms with Crippen molar-refractivity contribution >= 4 is 32.7 Å². The first-order chi connectivity index (χ1) is 15.6. The van der Waals surface area contributed by atoms with Gasteiger partial charge >= 0.3 is 0 Å². The molecule has 0 aliphatic heterocycles. The van der Waals surface area contributed by atoms with Gasteiger partial charge in [0.05, 0.1) is 5.56 Å². The van der Waals surface area contributed by atoms with Gasteiger partial charge in [0.1, 0.15) is 24.0 Å². The van der Waals surface area contributed by atoms with Crippen molar-refractivity contribution in [3.63, 3.8) is 0 Å². The lowest BCUT2D eigenvalue weighted by Gasteiger charge is -2.08. The van der Waals surface area contributed by atoms with Gasteiger partial charge in [-0.25, -0.2) is 8.96 Å². The van der Waals surface area contributed by atoms with Crippen molar-refractivity contribution in [3.05, 3.63) is 103 Å². The molecule has 6 rings (SSSR count). The maximum atomic E-state index is 13.4. The van der Waals surface area contributed by atoms with Crippen LogP contribution in [0.1, 0.15) is 5.56 Å². The number of rotatable bonds is 2. The first kappa shape index (κ1) is 18.8. The molecule has 0 radical (unpaired) electrons. The predicted octanol–water partition coefficient (Wildman–Crippen LogP) is 7.35. The van der Waals surface area contributed by atoms with Gasteiger partial charge in [0, 0.05) is 28.3 Å². The molecule has 4 aromatic carbocycles. The van der Waals surface area contributed by atoms with Gasteiger partial charge in [-0.15, -0.1) is 0 Å². The van der Waals surface area contributed by atoms with E-state index in [2.05, 4.69) is 60.0 Å². The Hall–Kier alpha value is -3.98. The molecule has 2 nitrogen and oxygen atoms in total. The average molecular weight is 418 g/mol. The fourth-order valence-corrected chi connectivity index (χ4v) is 4.62. The summed E-state index contributed by atoms with van der Waals surface area (Å²) in [5.74, 6) is -0.231. The van der Waals surface area contributed by atoms with E-state index < -0.39 is 0 Å². The van der Waals surface area contributed by atoms with E-state index in [4.69, 9.17) is 4.42 Å². The minimum absolute atomic E-state index is 0.231. The summed E-state index contributed by atoms with van der Waals surface area (Å²) in [5.41, 5.74) is 7.11. The van der Waals surface area contributed by atoms with E-state index in [1.54, 1.807) is 0 Å². The maximum Gasteiger partial charge on any atom is 0.216 e. The Morgan fingerprint density at radius 1 is 0.719 bits per heavy atom. The molecule has 0 amide bonds. The monoisotopic (exact) mass is 418 g/mol. The van der Waals surface area contributed by atoms with Crippen LogP contribution in [-0.4, -0.2) is 0 Å². The van der Waals surface area contributed by atoms with Crippen LogP contribution in [0.15, 0.2) is 95.5 Å². The van der Waals surface area contributed by atoms with Crippen LogP contribution in [0.25, 0.3) is 55.1 Å². The molecule has 0 aliphatic carbocycles. The van der Waals surface area contributed by atoms with Crippen molar-refractivity contribution in [1.82, 2.24) is 0 Å². The number of aryl methyl sites for hydroxylation is 2. The van der Waals surface area contributed by atoms with Crippen LogP contribution >= 0.6 is 0 Å². The zero-order valence-electron chi connectivity index (χ0n) is 17.9. The van der Waals surface area contributed by atoms with E-state index in [0.29, 0.717) is 0 Å². The summed E-state index contributed by atoms with van der Waals surface area (Å²) < 4.78 is 22.1. The number of hydrogen-bond donors (Lipinski definition) is 0. The Balaban J connectivity index is 1.65. The zero-order chi connectivity index (χ0) is 21.8. The normalized spacial score (nSPS) is 11.6. The Morgan fingerprint density at radius 3 is 2.31 bits per heavy atom. The molecule has 0 N–H and O–H groups in total. The van der Waals surface area contributed by atoms with Crippen LogP contribution in [0.4, 0.5) is 4.39 Å². The minimum atomic E-state index is -0.231. The quantitative estimate of drug-likeness (QED) is 0.269. The molecule has 0 spiro atoms. The number of benzene rings is 4. The van der Waals surface area contributed by atoms with Gasteiger partial charge in [0.2, 0.25) is 5.69 Å². The summed E-state index contributed by atoms with van der Waals surface area (Å²) in [7, 11) is 2.04. The SMILES string of the molecule is Cc1ccc2c(oc3c4ccccc4ccc23)c1-c1cc(-c2ccc(F)cc2)cc[n+]1C. The van der Waals surface area contributed by atoms with E-state index >= 15 is 0 Å². The molecule has 154 valence electrons. The topological polar surface area (TPSA) is 17.0 Å². The molecular weight excluding hydrogens is 397 g/mol. The van der Waals surface area contributed by atoms with E-state index in [0.717, 1.165) is 55.3 Å². The smallest absolute Gasteiger partial charge is 0.216 e. The van der Waals surface area contributed by atoms with Crippen LogP contribution < -0.4 is 4.57 Å². The molecule has 0 saturated carbocycles. The highest BCUT2D eigenvalue weighted by Crippen LogP contribution is 2.40. The second-order valence-electron chi connectivity index (χ2n) is 8.32. The molecule has 0 atom stereocenters. The van der Waals surface area contributed by atoms with E-state index in [-0.39, 0.29) is 5.82 Å². The van der Waals surface area contributed by atoms with Gasteiger partial charge < -0.3 is 4.42 Å².